The van der Waals surface area contributed by atoms with E-state index in [9.17, 15) is 4.79 Å². The van der Waals surface area contributed by atoms with Crippen LogP contribution in [0, 0.1) is 18.8 Å². The van der Waals surface area contributed by atoms with Gasteiger partial charge in [-0.15, -0.1) is 0 Å². The highest BCUT2D eigenvalue weighted by molar-refractivity contribution is 5.94. The van der Waals surface area contributed by atoms with E-state index in [1.54, 1.807) is 24.5 Å². The van der Waals surface area contributed by atoms with E-state index in [1.165, 1.54) is 0 Å². The zero-order valence-electron chi connectivity index (χ0n) is 11.8. The number of nitrogens with one attached hydrogen (secondary N) is 1. The summed E-state index contributed by atoms with van der Waals surface area (Å²) in [4.78, 5) is 20.4. The summed E-state index contributed by atoms with van der Waals surface area (Å²) in [6.07, 6.45) is 3.30. The first kappa shape index (κ1) is 14.7. The Morgan fingerprint density at radius 2 is 2.19 bits per heavy atom. The first-order valence-corrected chi connectivity index (χ1v) is 6.54. The Labute approximate surface area is 123 Å². The molecule has 0 unspecified atom stereocenters. The lowest BCUT2D eigenvalue weighted by Gasteiger charge is -2.06. The number of carbonyl (C=O) groups is 1. The van der Waals surface area contributed by atoms with Gasteiger partial charge in [-0.2, -0.15) is 0 Å². The Bertz CT molecular complexity index is 683. The van der Waals surface area contributed by atoms with Gasteiger partial charge in [0.25, 0.3) is 5.91 Å². The molecule has 0 fully saturated rings. The number of rotatable bonds is 3. The van der Waals surface area contributed by atoms with Crippen molar-refractivity contribution in [2.45, 2.75) is 13.5 Å². The van der Waals surface area contributed by atoms with Crippen molar-refractivity contribution >= 4 is 5.91 Å². The first-order chi connectivity index (χ1) is 10.2. The molecule has 0 aliphatic heterocycles. The average molecular weight is 280 g/mol. The Kier molecular flexibility index (Phi) is 5.02. The average Bonchev–Trinajstić information content (AvgIpc) is 2.52. The fourth-order valence-electron chi connectivity index (χ4n) is 1.70. The third-order valence-corrected chi connectivity index (χ3v) is 2.77. The van der Waals surface area contributed by atoms with Gasteiger partial charge in [-0.05, 0) is 30.7 Å². The van der Waals surface area contributed by atoms with E-state index in [2.05, 4.69) is 27.1 Å². The SMILES string of the molecule is Cc1ccc(CNC(=O)c2ncccc2C#CCN)cn1. The van der Waals surface area contributed by atoms with Crippen LogP contribution in [-0.4, -0.2) is 22.4 Å². The molecular formula is C16H16N4O. The van der Waals surface area contributed by atoms with E-state index < -0.39 is 0 Å². The van der Waals surface area contributed by atoms with Crippen molar-refractivity contribution in [2.24, 2.45) is 5.73 Å². The normalized spacial score (nSPS) is 9.62. The summed E-state index contributed by atoms with van der Waals surface area (Å²) in [5, 5.41) is 2.81. The van der Waals surface area contributed by atoms with Gasteiger partial charge in [0.1, 0.15) is 5.69 Å². The molecule has 2 aromatic heterocycles. The van der Waals surface area contributed by atoms with Gasteiger partial charge in [-0.1, -0.05) is 17.9 Å². The van der Waals surface area contributed by atoms with Crippen LogP contribution in [0.5, 0.6) is 0 Å². The van der Waals surface area contributed by atoms with Crippen LogP contribution in [0.2, 0.25) is 0 Å². The second-order valence-electron chi connectivity index (χ2n) is 4.40. The van der Waals surface area contributed by atoms with Crippen LogP contribution in [0.1, 0.15) is 27.3 Å². The Morgan fingerprint density at radius 1 is 1.33 bits per heavy atom. The minimum Gasteiger partial charge on any atom is -0.347 e. The number of aromatic nitrogens is 2. The van der Waals surface area contributed by atoms with Crippen molar-refractivity contribution < 1.29 is 4.79 Å². The van der Waals surface area contributed by atoms with Gasteiger partial charge in [0, 0.05) is 24.6 Å². The summed E-state index contributed by atoms with van der Waals surface area (Å²) < 4.78 is 0. The fraction of sp³-hybridized carbons (Fsp3) is 0.188. The highest BCUT2D eigenvalue weighted by Crippen LogP contribution is 2.05. The van der Waals surface area contributed by atoms with Crippen LogP contribution in [0.25, 0.3) is 0 Å². The highest BCUT2D eigenvalue weighted by Gasteiger charge is 2.11. The molecule has 2 heterocycles. The Hall–Kier alpha value is -2.71. The quantitative estimate of drug-likeness (QED) is 0.823. The maximum Gasteiger partial charge on any atom is 0.271 e. The largest absolute Gasteiger partial charge is 0.347 e. The minimum absolute atomic E-state index is 0.241. The third kappa shape index (κ3) is 4.13. The van der Waals surface area contributed by atoms with Crippen LogP contribution in [0.4, 0.5) is 0 Å². The minimum atomic E-state index is -0.266. The molecule has 21 heavy (non-hydrogen) atoms. The van der Waals surface area contributed by atoms with Gasteiger partial charge in [0.05, 0.1) is 12.1 Å². The molecule has 106 valence electrons. The molecule has 1 amide bonds. The lowest BCUT2D eigenvalue weighted by molar-refractivity contribution is 0.0945. The first-order valence-electron chi connectivity index (χ1n) is 6.54. The number of carbonyl (C=O) groups excluding carboxylic acids is 1. The molecule has 0 atom stereocenters. The third-order valence-electron chi connectivity index (χ3n) is 2.77. The zero-order chi connectivity index (χ0) is 15.1. The van der Waals surface area contributed by atoms with Crippen molar-refractivity contribution in [2.75, 3.05) is 6.54 Å². The molecule has 0 aliphatic rings. The van der Waals surface area contributed by atoms with E-state index in [4.69, 9.17) is 5.73 Å². The number of aryl methyl sites for hydroxylation is 1. The van der Waals surface area contributed by atoms with Crippen molar-refractivity contribution in [1.29, 1.82) is 0 Å². The summed E-state index contributed by atoms with van der Waals surface area (Å²) >= 11 is 0. The summed E-state index contributed by atoms with van der Waals surface area (Å²) in [5.41, 5.74) is 8.09. The van der Waals surface area contributed by atoms with E-state index in [0.717, 1.165) is 11.3 Å². The van der Waals surface area contributed by atoms with Crippen molar-refractivity contribution in [3.05, 3.63) is 59.2 Å². The molecule has 5 heteroatoms. The molecule has 2 rings (SSSR count). The predicted octanol–water partition coefficient (Wildman–Crippen LogP) is 1.03. The second-order valence-corrected chi connectivity index (χ2v) is 4.40. The van der Waals surface area contributed by atoms with E-state index in [-0.39, 0.29) is 12.5 Å². The molecule has 0 radical (unpaired) electrons. The number of pyridine rings is 2. The zero-order valence-corrected chi connectivity index (χ0v) is 11.8. The molecule has 0 aromatic carbocycles. The van der Waals surface area contributed by atoms with Crippen LogP contribution < -0.4 is 11.1 Å². The maximum atomic E-state index is 12.2. The molecule has 0 saturated carbocycles. The predicted molar refractivity (Wildman–Crippen MR) is 80.3 cm³/mol. The molecule has 0 aliphatic carbocycles. The van der Waals surface area contributed by atoms with Gasteiger partial charge in [-0.3, -0.25) is 9.78 Å². The van der Waals surface area contributed by atoms with E-state index in [0.29, 0.717) is 17.8 Å². The topological polar surface area (TPSA) is 80.9 Å². The van der Waals surface area contributed by atoms with Crippen LogP contribution in [0.15, 0.2) is 36.7 Å². The molecule has 0 saturated heterocycles. The van der Waals surface area contributed by atoms with Crippen molar-refractivity contribution in [3.8, 4) is 11.8 Å². The number of hydrogen-bond donors (Lipinski definition) is 2. The second kappa shape index (κ2) is 7.17. The Morgan fingerprint density at radius 3 is 2.90 bits per heavy atom. The lowest BCUT2D eigenvalue weighted by atomic mass is 10.2. The lowest BCUT2D eigenvalue weighted by Crippen LogP contribution is -2.24. The van der Waals surface area contributed by atoms with Gasteiger partial charge in [-0.25, -0.2) is 4.98 Å². The smallest absolute Gasteiger partial charge is 0.271 e. The van der Waals surface area contributed by atoms with Crippen LogP contribution in [-0.2, 0) is 6.54 Å². The maximum absolute atomic E-state index is 12.2. The van der Waals surface area contributed by atoms with Crippen LogP contribution >= 0.6 is 0 Å². The molecule has 0 spiro atoms. The van der Waals surface area contributed by atoms with Crippen molar-refractivity contribution in [1.82, 2.24) is 15.3 Å². The fourth-order valence-corrected chi connectivity index (χ4v) is 1.70. The van der Waals surface area contributed by atoms with Gasteiger partial charge >= 0.3 is 0 Å². The summed E-state index contributed by atoms with van der Waals surface area (Å²) in [7, 11) is 0. The van der Waals surface area contributed by atoms with Gasteiger partial charge < -0.3 is 11.1 Å². The molecule has 2 aromatic rings. The number of nitrogens with zero attached hydrogens (tertiary/aromatic N) is 2. The summed E-state index contributed by atoms with van der Waals surface area (Å²) in [6, 6.07) is 7.32. The highest BCUT2D eigenvalue weighted by atomic mass is 16.1. The number of amides is 1. The molecular weight excluding hydrogens is 264 g/mol. The monoisotopic (exact) mass is 280 g/mol. The molecule has 0 bridgehead atoms. The van der Waals surface area contributed by atoms with E-state index in [1.807, 2.05) is 19.1 Å². The summed E-state index contributed by atoms with van der Waals surface area (Å²) in [5.74, 6) is 5.31. The van der Waals surface area contributed by atoms with Gasteiger partial charge in [0.2, 0.25) is 0 Å². The van der Waals surface area contributed by atoms with Crippen molar-refractivity contribution in [3.63, 3.8) is 0 Å². The molecule has 5 nitrogen and oxygen atoms in total. The molecule has 3 N–H and O–H groups in total. The number of hydrogen-bond acceptors (Lipinski definition) is 4. The number of nitrogens with two attached hydrogens (primary N) is 1. The van der Waals surface area contributed by atoms with Crippen LogP contribution in [0.3, 0.4) is 0 Å². The van der Waals surface area contributed by atoms with Gasteiger partial charge in [0.15, 0.2) is 0 Å². The summed E-state index contributed by atoms with van der Waals surface area (Å²) in [6.45, 7) is 2.55. The Balaban J connectivity index is 2.08. The van der Waals surface area contributed by atoms with E-state index >= 15 is 0 Å². The standard InChI is InChI=1S/C16H16N4O/c1-12-6-7-13(10-19-12)11-20-16(21)15-14(4-2-8-17)5-3-9-18-15/h3,5-7,9-10H,8,11,17H2,1H3,(H,20,21).